The molecular weight excluding hydrogens is 408 g/mol. The Morgan fingerprint density at radius 2 is 1.58 bits per heavy atom. The van der Waals surface area contributed by atoms with Crippen LogP contribution in [0.2, 0.25) is 0 Å². The maximum Gasteiger partial charge on any atom is 0.138 e. The van der Waals surface area contributed by atoms with E-state index in [2.05, 4.69) is 34.6 Å². The highest BCUT2D eigenvalue weighted by Gasteiger charge is 2.83. The molecule has 5 saturated carbocycles. The summed E-state index contributed by atoms with van der Waals surface area (Å²) in [5.41, 5.74) is 0.626. The van der Waals surface area contributed by atoms with Gasteiger partial charge in [0.2, 0.25) is 0 Å². The first kappa shape index (κ1) is 23.0. The van der Waals surface area contributed by atoms with Gasteiger partial charge in [0.15, 0.2) is 0 Å². The minimum absolute atomic E-state index is 0.0515. The highest BCUT2D eigenvalue weighted by atomic mass is 16.5. The average Bonchev–Trinajstić information content (AvgIpc) is 3.35. The number of aliphatic hydroxyl groups is 1. The molecular formula is C30H48O3. The molecule has 33 heavy (non-hydrogen) atoms. The molecule has 0 aromatic carbocycles. The van der Waals surface area contributed by atoms with E-state index in [1.54, 1.807) is 0 Å². The SMILES string of the molecule is C[C@@H]1CC[C@H](C(C)(C)O)O[C@@H]2C[C@@]3(C)[C@@H]4CC[C@@H]5C(C)(C)C(=O)CC[C@]56C[C@@]46CC[C@]3(C)[C@H]12. The molecule has 0 bridgehead atoms. The van der Waals surface area contributed by atoms with Crippen molar-refractivity contribution in [3.8, 4) is 0 Å². The number of carbonyl (C=O) groups is 1. The molecule has 0 radical (unpaired) electrons. The number of carbonyl (C=O) groups excluding carboxylic acids is 1. The number of Topliss-reactive ketones (excluding diaryl/α,β-unsaturated/α-hetero) is 1. The Kier molecular flexibility index (Phi) is 4.51. The van der Waals surface area contributed by atoms with Crippen LogP contribution in [0.4, 0.5) is 0 Å². The summed E-state index contributed by atoms with van der Waals surface area (Å²) in [6.45, 7) is 16.1. The lowest BCUT2D eigenvalue weighted by Crippen LogP contribution is -2.57. The van der Waals surface area contributed by atoms with Crippen molar-refractivity contribution in [1.29, 1.82) is 0 Å². The van der Waals surface area contributed by atoms with Gasteiger partial charge in [0.1, 0.15) is 5.78 Å². The minimum Gasteiger partial charge on any atom is -0.388 e. The van der Waals surface area contributed by atoms with Crippen LogP contribution in [-0.4, -0.2) is 28.7 Å². The summed E-state index contributed by atoms with van der Waals surface area (Å²) in [5.74, 6) is 3.14. The molecule has 6 aliphatic rings. The summed E-state index contributed by atoms with van der Waals surface area (Å²) in [6.07, 6.45) is 12.1. The van der Waals surface area contributed by atoms with E-state index in [4.69, 9.17) is 4.74 Å². The number of hydrogen-bond donors (Lipinski definition) is 1. The largest absolute Gasteiger partial charge is 0.388 e. The van der Waals surface area contributed by atoms with Crippen molar-refractivity contribution >= 4 is 5.78 Å². The van der Waals surface area contributed by atoms with E-state index in [1.165, 1.54) is 44.9 Å². The third-order valence-electron chi connectivity index (χ3n) is 13.5. The lowest BCUT2D eigenvalue weighted by molar-refractivity contribution is -0.157. The maximum atomic E-state index is 12.9. The van der Waals surface area contributed by atoms with Crippen molar-refractivity contribution in [2.45, 2.75) is 130 Å². The molecule has 1 N–H and O–H groups in total. The van der Waals surface area contributed by atoms with E-state index < -0.39 is 5.60 Å². The molecule has 2 spiro atoms. The molecule has 0 amide bonds. The fourth-order valence-corrected chi connectivity index (χ4v) is 11.8. The number of rotatable bonds is 1. The molecule has 10 atom stereocenters. The summed E-state index contributed by atoms with van der Waals surface area (Å²) in [4.78, 5) is 12.9. The first-order valence-corrected chi connectivity index (χ1v) is 14.1. The van der Waals surface area contributed by atoms with Crippen LogP contribution in [0.5, 0.6) is 0 Å². The molecule has 6 fully saturated rings. The molecule has 1 aliphatic heterocycles. The lowest BCUT2D eigenvalue weighted by atomic mass is 9.42. The van der Waals surface area contributed by atoms with E-state index in [0.29, 0.717) is 45.2 Å². The molecule has 6 rings (SSSR count). The van der Waals surface area contributed by atoms with Crippen LogP contribution in [0, 0.1) is 50.7 Å². The van der Waals surface area contributed by atoms with Gasteiger partial charge in [-0.25, -0.2) is 0 Å². The number of ketones is 1. The summed E-state index contributed by atoms with van der Waals surface area (Å²) >= 11 is 0. The Morgan fingerprint density at radius 1 is 0.909 bits per heavy atom. The Bertz CT molecular complexity index is 870. The van der Waals surface area contributed by atoms with E-state index in [-0.39, 0.29) is 17.6 Å². The molecule has 186 valence electrons. The van der Waals surface area contributed by atoms with Gasteiger partial charge < -0.3 is 9.84 Å². The number of hydrogen-bond acceptors (Lipinski definition) is 3. The van der Waals surface area contributed by atoms with Gasteiger partial charge in [-0.15, -0.1) is 0 Å². The molecule has 0 aromatic heterocycles. The van der Waals surface area contributed by atoms with E-state index in [9.17, 15) is 9.90 Å². The Balaban J connectivity index is 1.37. The zero-order chi connectivity index (χ0) is 23.8. The second-order valence-electron chi connectivity index (χ2n) is 15.3. The standard InChI is InChI=1S/C30H48O3/c1-18-8-11-23(26(4,5)32)33-19-16-28(7)21-10-9-20-25(2,3)22(31)12-13-29(20)17-30(21,29)15-14-27(28,6)24(18)19/h18-21,23-24,32H,8-17H2,1-7H3/t18-,19-,20-,21+,23-,24-,27-,28+,29+,30+/m1/s1. The van der Waals surface area contributed by atoms with Gasteiger partial charge in [-0.2, -0.15) is 0 Å². The first-order chi connectivity index (χ1) is 15.2. The van der Waals surface area contributed by atoms with E-state index in [1.807, 2.05) is 13.8 Å². The molecule has 1 saturated heterocycles. The predicted molar refractivity (Wildman–Crippen MR) is 131 cm³/mol. The smallest absolute Gasteiger partial charge is 0.138 e. The monoisotopic (exact) mass is 456 g/mol. The van der Waals surface area contributed by atoms with Gasteiger partial charge in [0.05, 0.1) is 17.8 Å². The lowest BCUT2D eigenvalue weighted by Gasteiger charge is -2.62. The summed E-state index contributed by atoms with van der Waals surface area (Å²) in [7, 11) is 0. The Hall–Kier alpha value is -0.410. The molecule has 3 heteroatoms. The van der Waals surface area contributed by atoms with Crippen LogP contribution in [0.25, 0.3) is 0 Å². The van der Waals surface area contributed by atoms with Gasteiger partial charge in [-0.1, -0.05) is 34.6 Å². The Morgan fingerprint density at radius 3 is 2.27 bits per heavy atom. The summed E-state index contributed by atoms with van der Waals surface area (Å²) < 4.78 is 6.88. The van der Waals surface area contributed by atoms with Crippen molar-refractivity contribution in [2.75, 3.05) is 0 Å². The van der Waals surface area contributed by atoms with Crippen LogP contribution in [-0.2, 0) is 9.53 Å². The van der Waals surface area contributed by atoms with Gasteiger partial charge in [0.25, 0.3) is 0 Å². The number of fused-ring (bicyclic) bond motifs is 4. The highest BCUT2D eigenvalue weighted by molar-refractivity contribution is 5.86. The van der Waals surface area contributed by atoms with Gasteiger partial charge in [-0.05, 0) is 117 Å². The third-order valence-corrected chi connectivity index (χ3v) is 13.5. The fraction of sp³-hybridized carbons (Fsp3) is 0.967. The van der Waals surface area contributed by atoms with Crippen LogP contribution in [0.15, 0.2) is 0 Å². The molecule has 1 heterocycles. The first-order valence-electron chi connectivity index (χ1n) is 14.1. The molecule has 3 nitrogen and oxygen atoms in total. The predicted octanol–water partition coefficient (Wildman–Crippen LogP) is 6.56. The van der Waals surface area contributed by atoms with Crippen molar-refractivity contribution in [3.05, 3.63) is 0 Å². The van der Waals surface area contributed by atoms with E-state index in [0.717, 1.165) is 25.2 Å². The third kappa shape index (κ3) is 2.58. The molecule has 0 unspecified atom stereocenters. The summed E-state index contributed by atoms with van der Waals surface area (Å²) in [6, 6.07) is 0. The molecule has 0 aromatic rings. The van der Waals surface area contributed by atoms with Crippen molar-refractivity contribution < 1.29 is 14.6 Å². The van der Waals surface area contributed by atoms with Crippen LogP contribution >= 0.6 is 0 Å². The topological polar surface area (TPSA) is 46.5 Å². The van der Waals surface area contributed by atoms with Gasteiger partial charge in [0, 0.05) is 11.8 Å². The van der Waals surface area contributed by atoms with Crippen LogP contribution in [0.3, 0.4) is 0 Å². The normalized spacial score (nSPS) is 57.2. The van der Waals surface area contributed by atoms with Gasteiger partial charge >= 0.3 is 0 Å². The minimum atomic E-state index is -0.774. The summed E-state index contributed by atoms with van der Waals surface area (Å²) in [5, 5.41) is 10.8. The van der Waals surface area contributed by atoms with Crippen molar-refractivity contribution in [1.82, 2.24) is 0 Å². The molecule has 5 aliphatic carbocycles. The zero-order valence-electron chi connectivity index (χ0n) is 22.3. The van der Waals surface area contributed by atoms with Gasteiger partial charge in [-0.3, -0.25) is 4.79 Å². The van der Waals surface area contributed by atoms with Crippen LogP contribution < -0.4 is 0 Å². The fourth-order valence-electron chi connectivity index (χ4n) is 11.8. The quantitative estimate of drug-likeness (QED) is 0.486. The maximum absolute atomic E-state index is 12.9. The highest BCUT2D eigenvalue weighted by Crippen LogP contribution is 2.89. The van der Waals surface area contributed by atoms with Crippen molar-refractivity contribution in [2.24, 2.45) is 50.7 Å². The Labute approximate surface area is 201 Å². The van der Waals surface area contributed by atoms with E-state index >= 15 is 0 Å². The van der Waals surface area contributed by atoms with Crippen LogP contribution in [0.1, 0.15) is 113 Å². The number of ether oxygens (including phenoxy) is 1. The van der Waals surface area contributed by atoms with Crippen molar-refractivity contribution in [3.63, 3.8) is 0 Å². The second kappa shape index (κ2) is 6.47. The zero-order valence-corrected chi connectivity index (χ0v) is 22.3. The average molecular weight is 457 g/mol. The second-order valence-corrected chi connectivity index (χ2v) is 15.3.